The fraction of sp³-hybridized carbons (Fsp3) is 0.143. The Bertz CT molecular complexity index is 1230. The Kier molecular flexibility index (Phi) is 5.80. The first-order valence-electron chi connectivity index (χ1n) is 9.07. The minimum absolute atomic E-state index is 0.167. The summed E-state index contributed by atoms with van der Waals surface area (Å²) in [6, 6.07) is 13.2. The summed E-state index contributed by atoms with van der Waals surface area (Å²) in [5.41, 5.74) is 0.951. The molecule has 2 aromatic carbocycles. The number of aromatic nitrogens is 3. The first-order valence-corrected chi connectivity index (χ1v) is 9.95. The predicted molar refractivity (Wildman–Crippen MR) is 108 cm³/mol. The van der Waals surface area contributed by atoms with Crippen LogP contribution in [-0.4, -0.2) is 20.6 Å². The Morgan fingerprint density at radius 2 is 2.03 bits per heavy atom. The molecule has 1 amide bonds. The van der Waals surface area contributed by atoms with Gasteiger partial charge in [0.2, 0.25) is 11.7 Å². The molecule has 0 saturated heterocycles. The minimum Gasteiger partial charge on any atom is -0.485 e. The number of amides is 1. The lowest BCUT2D eigenvalue weighted by atomic mass is 10.2. The van der Waals surface area contributed by atoms with Crippen LogP contribution in [0.3, 0.4) is 0 Å². The monoisotopic (exact) mass is 424 g/mol. The van der Waals surface area contributed by atoms with E-state index in [2.05, 4.69) is 15.1 Å². The number of carbonyl (C=O) groups excluding carboxylic acids is 1. The normalized spacial score (nSPS) is 11.6. The van der Waals surface area contributed by atoms with E-state index in [0.29, 0.717) is 39.9 Å². The lowest BCUT2D eigenvalue weighted by molar-refractivity contribution is 0.0997. The maximum Gasteiger partial charge on any atom is 0.279 e. The van der Waals surface area contributed by atoms with Crippen LogP contribution in [0.5, 0.6) is 5.75 Å². The number of rotatable bonds is 6. The molecule has 9 heteroatoms. The van der Waals surface area contributed by atoms with Gasteiger partial charge in [0, 0.05) is 29.6 Å². The van der Waals surface area contributed by atoms with Crippen molar-refractivity contribution in [1.82, 2.24) is 14.7 Å². The zero-order valence-electron chi connectivity index (χ0n) is 16.0. The Labute approximate surface area is 175 Å². The molecule has 0 aliphatic carbocycles. The van der Waals surface area contributed by atoms with Crippen LogP contribution in [0, 0.1) is 12.7 Å². The van der Waals surface area contributed by atoms with Crippen LogP contribution in [0.15, 0.2) is 69.6 Å². The second kappa shape index (κ2) is 8.83. The molecule has 0 N–H and O–H groups in total. The molecule has 0 radical (unpaired) electrons. The molecule has 0 fully saturated rings. The Balaban J connectivity index is 1.45. The van der Waals surface area contributed by atoms with Crippen molar-refractivity contribution >= 4 is 17.2 Å². The standard InChI is InChI=1S/C21H17FN4O3S/c1-14-23-19(25-29-14)13-28-17-8-6-15(7-9-17)20(27)24-21-26(10-11-30-21)12-16-4-2-3-5-18(16)22/h2-11H,12-13H2,1H3. The summed E-state index contributed by atoms with van der Waals surface area (Å²) in [5.74, 6) is 0.802. The first-order chi connectivity index (χ1) is 14.6. The van der Waals surface area contributed by atoms with Gasteiger partial charge in [0.25, 0.3) is 5.91 Å². The number of hydrogen-bond donors (Lipinski definition) is 0. The van der Waals surface area contributed by atoms with Crippen LogP contribution in [-0.2, 0) is 13.2 Å². The van der Waals surface area contributed by atoms with Crippen LogP contribution < -0.4 is 9.54 Å². The van der Waals surface area contributed by atoms with E-state index < -0.39 is 0 Å². The van der Waals surface area contributed by atoms with Crippen molar-refractivity contribution in [1.29, 1.82) is 0 Å². The molecule has 0 atom stereocenters. The minimum atomic E-state index is -0.389. The molecule has 152 valence electrons. The van der Waals surface area contributed by atoms with Crippen LogP contribution >= 0.6 is 11.3 Å². The molecule has 7 nitrogen and oxygen atoms in total. The lowest BCUT2D eigenvalue weighted by Gasteiger charge is -2.05. The number of halogens is 1. The molecule has 0 unspecified atom stereocenters. The number of carbonyl (C=O) groups is 1. The summed E-state index contributed by atoms with van der Waals surface area (Å²) in [7, 11) is 0. The summed E-state index contributed by atoms with van der Waals surface area (Å²) in [5, 5.41) is 5.57. The van der Waals surface area contributed by atoms with Crippen molar-refractivity contribution in [3.63, 3.8) is 0 Å². The summed E-state index contributed by atoms with van der Waals surface area (Å²) in [6.45, 7) is 2.17. The SMILES string of the molecule is Cc1nc(COc2ccc(C(=O)N=c3sccn3Cc3ccccc3F)cc2)no1. The first kappa shape index (κ1) is 19.7. The third-order valence-electron chi connectivity index (χ3n) is 4.19. The van der Waals surface area contributed by atoms with Crippen LogP contribution in [0.2, 0.25) is 0 Å². The van der Waals surface area contributed by atoms with E-state index in [4.69, 9.17) is 9.26 Å². The zero-order chi connectivity index (χ0) is 20.9. The average Bonchev–Trinajstić information content (AvgIpc) is 3.37. The van der Waals surface area contributed by atoms with E-state index in [0.717, 1.165) is 0 Å². The highest BCUT2D eigenvalue weighted by Crippen LogP contribution is 2.14. The van der Waals surface area contributed by atoms with E-state index in [9.17, 15) is 9.18 Å². The van der Waals surface area contributed by atoms with Crippen molar-refractivity contribution in [2.24, 2.45) is 4.99 Å². The molecular formula is C21H17FN4O3S. The Hall–Kier alpha value is -3.59. The van der Waals surface area contributed by atoms with Gasteiger partial charge in [0.1, 0.15) is 11.6 Å². The van der Waals surface area contributed by atoms with E-state index >= 15 is 0 Å². The molecule has 4 rings (SSSR count). The van der Waals surface area contributed by atoms with Gasteiger partial charge < -0.3 is 13.8 Å². The molecule has 0 aliphatic heterocycles. The number of thiazole rings is 1. The number of aryl methyl sites for hydroxylation is 1. The van der Waals surface area contributed by atoms with E-state index in [1.54, 1.807) is 60.2 Å². The van der Waals surface area contributed by atoms with Crippen LogP contribution in [0.4, 0.5) is 4.39 Å². The number of hydrogen-bond acceptors (Lipinski definition) is 6. The Morgan fingerprint density at radius 1 is 1.23 bits per heavy atom. The summed E-state index contributed by atoms with van der Waals surface area (Å²) < 4.78 is 26.1. The van der Waals surface area contributed by atoms with Gasteiger partial charge in [-0.15, -0.1) is 11.3 Å². The number of ether oxygens (including phenoxy) is 1. The van der Waals surface area contributed by atoms with Gasteiger partial charge in [0.15, 0.2) is 11.4 Å². The van der Waals surface area contributed by atoms with Crippen molar-refractivity contribution in [2.45, 2.75) is 20.1 Å². The summed E-state index contributed by atoms with van der Waals surface area (Å²) in [4.78, 5) is 21.3. The fourth-order valence-electron chi connectivity index (χ4n) is 2.71. The van der Waals surface area contributed by atoms with Crippen molar-refractivity contribution in [3.8, 4) is 5.75 Å². The highest BCUT2D eigenvalue weighted by Gasteiger charge is 2.08. The van der Waals surface area contributed by atoms with E-state index in [1.807, 2.05) is 5.38 Å². The number of nitrogens with zero attached hydrogens (tertiary/aromatic N) is 4. The van der Waals surface area contributed by atoms with Gasteiger partial charge in [-0.25, -0.2) is 4.39 Å². The van der Waals surface area contributed by atoms with Gasteiger partial charge in [-0.2, -0.15) is 9.98 Å². The van der Waals surface area contributed by atoms with Crippen LogP contribution in [0.25, 0.3) is 0 Å². The average molecular weight is 424 g/mol. The second-order valence-electron chi connectivity index (χ2n) is 6.36. The topological polar surface area (TPSA) is 82.5 Å². The maximum absolute atomic E-state index is 13.9. The molecule has 2 heterocycles. The summed E-state index contributed by atoms with van der Waals surface area (Å²) in [6.07, 6.45) is 1.78. The lowest BCUT2D eigenvalue weighted by Crippen LogP contribution is -2.17. The smallest absolute Gasteiger partial charge is 0.279 e. The van der Waals surface area contributed by atoms with E-state index in [1.165, 1.54) is 17.4 Å². The van der Waals surface area contributed by atoms with Gasteiger partial charge in [0.05, 0.1) is 6.54 Å². The summed E-state index contributed by atoms with van der Waals surface area (Å²) >= 11 is 1.31. The highest BCUT2D eigenvalue weighted by atomic mass is 32.1. The zero-order valence-corrected chi connectivity index (χ0v) is 16.8. The Morgan fingerprint density at radius 3 is 2.77 bits per heavy atom. The number of benzene rings is 2. The van der Waals surface area contributed by atoms with Gasteiger partial charge >= 0.3 is 0 Å². The van der Waals surface area contributed by atoms with Crippen LogP contribution in [0.1, 0.15) is 27.6 Å². The highest BCUT2D eigenvalue weighted by molar-refractivity contribution is 7.07. The molecule has 30 heavy (non-hydrogen) atoms. The largest absolute Gasteiger partial charge is 0.485 e. The molecule has 0 saturated carbocycles. The molecule has 4 aromatic rings. The van der Waals surface area contributed by atoms with Crippen molar-refractivity contribution < 1.29 is 18.4 Å². The third kappa shape index (κ3) is 4.69. The predicted octanol–water partition coefficient (Wildman–Crippen LogP) is 3.75. The molecule has 0 aliphatic rings. The maximum atomic E-state index is 13.9. The fourth-order valence-corrected chi connectivity index (χ4v) is 3.44. The second-order valence-corrected chi connectivity index (χ2v) is 7.24. The third-order valence-corrected chi connectivity index (χ3v) is 4.99. The molecule has 2 aromatic heterocycles. The van der Waals surface area contributed by atoms with Crippen molar-refractivity contribution in [3.05, 3.63) is 93.6 Å². The van der Waals surface area contributed by atoms with E-state index in [-0.39, 0.29) is 18.3 Å². The molecular weight excluding hydrogens is 407 g/mol. The van der Waals surface area contributed by atoms with Gasteiger partial charge in [-0.3, -0.25) is 4.79 Å². The van der Waals surface area contributed by atoms with Crippen molar-refractivity contribution in [2.75, 3.05) is 0 Å². The quantitative estimate of drug-likeness (QED) is 0.471. The molecule has 0 bridgehead atoms. The van der Waals surface area contributed by atoms with Gasteiger partial charge in [-0.1, -0.05) is 23.4 Å². The molecule has 0 spiro atoms. The van der Waals surface area contributed by atoms with Gasteiger partial charge in [-0.05, 0) is 30.3 Å².